The molecule has 1 saturated heterocycles. The average Bonchev–Trinajstić information content (AvgIpc) is 2.86. The highest BCUT2D eigenvalue weighted by molar-refractivity contribution is 6.83. The Morgan fingerprint density at radius 2 is 1.70 bits per heavy atom. The second kappa shape index (κ2) is 7.83. The second-order valence-corrected chi connectivity index (χ2v) is 15.8. The summed E-state index contributed by atoms with van der Waals surface area (Å²) in [5.41, 5.74) is 1.54. The summed E-state index contributed by atoms with van der Waals surface area (Å²) < 4.78 is 5.77. The van der Waals surface area contributed by atoms with E-state index in [2.05, 4.69) is 46.9 Å². The van der Waals surface area contributed by atoms with Crippen LogP contribution in [0.1, 0.15) is 60.5 Å². The molecule has 164 valence electrons. The Labute approximate surface area is 180 Å². The van der Waals surface area contributed by atoms with Crippen LogP contribution in [0.3, 0.4) is 0 Å². The molecule has 2 aliphatic heterocycles. The van der Waals surface area contributed by atoms with Crippen molar-refractivity contribution in [3.05, 3.63) is 29.8 Å². The summed E-state index contributed by atoms with van der Waals surface area (Å²) in [4.78, 5) is 39.6. The summed E-state index contributed by atoms with van der Waals surface area (Å²) in [5.74, 6) is -0.736. The number of hydrogen-bond acceptors (Lipinski definition) is 4. The van der Waals surface area contributed by atoms with Crippen LogP contribution in [0.25, 0.3) is 0 Å². The van der Waals surface area contributed by atoms with E-state index in [9.17, 15) is 14.4 Å². The molecule has 6 nitrogen and oxygen atoms in total. The van der Waals surface area contributed by atoms with Crippen molar-refractivity contribution in [1.29, 1.82) is 0 Å². The van der Waals surface area contributed by atoms with Gasteiger partial charge in [-0.25, -0.2) is 9.69 Å². The van der Waals surface area contributed by atoms with Crippen molar-refractivity contribution in [2.24, 2.45) is 0 Å². The maximum absolute atomic E-state index is 13.5. The third-order valence-corrected chi connectivity index (χ3v) is 15.0. The fraction of sp³-hybridized carbons (Fsp3) is 0.609. The van der Waals surface area contributed by atoms with E-state index >= 15 is 0 Å². The molecule has 0 unspecified atom stereocenters. The van der Waals surface area contributed by atoms with Gasteiger partial charge in [-0.2, -0.15) is 0 Å². The Morgan fingerprint density at radius 3 is 2.23 bits per heavy atom. The van der Waals surface area contributed by atoms with E-state index in [-0.39, 0.29) is 17.9 Å². The molecule has 0 bridgehead atoms. The molecule has 0 radical (unpaired) electrons. The predicted molar refractivity (Wildman–Crippen MR) is 120 cm³/mol. The molecule has 1 spiro atoms. The number of alkyl carbamates (subject to hydrolysis) is 1. The molecule has 1 N–H and O–H groups in total. The van der Waals surface area contributed by atoms with Crippen LogP contribution < -0.4 is 10.2 Å². The summed E-state index contributed by atoms with van der Waals surface area (Å²) in [6.07, 6.45) is -0.597. The van der Waals surface area contributed by atoms with E-state index in [4.69, 9.17) is 4.74 Å². The highest BCUT2D eigenvalue weighted by atomic mass is 28.3. The number of fused-ring (bicyclic) bond motifs is 2. The molecule has 0 aromatic heterocycles. The lowest BCUT2D eigenvalue weighted by molar-refractivity contribution is -0.131. The third-order valence-electron chi connectivity index (χ3n) is 7.42. The first kappa shape index (κ1) is 22.5. The quantitative estimate of drug-likeness (QED) is 0.671. The zero-order valence-corrected chi connectivity index (χ0v) is 20.1. The highest BCUT2D eigenvalue weighted by Gasteiger charge is 2.58. The number of carbonyl (C=O) groups is 3. The first-order valence-corrected chi connectivity index (χ1v) is 13.3. The minimum absolute atomic E-state index is 0.347. The molecule has 3 amide bonds. The van der Waals surface area contributed by atoms with Crippen LogP contribution in [-0.2, 0) is 19.9 Å². The SMILES string of the molecule is CC(=O)N1C(=O)[C@@]2(C[C@@H](C[Si](C(C)C)(C(C)C)C(C)C)OC(=O)N2)c2ccccc21. The number of amides is 3. The number of ether oxygens (including phenoxy) is 1. The molecular weight excluding hydrogens is 396 g/mol. The summed E-state index contributed by atoms with van der Waals surface area (Å²) >= 11 is 0. The predicted octanol–water partition coefficient (Wildman–Crippen LogP) is 4.95. The highest BCUT2D eigenvalue weighted by Crippen LogP contribution is 2.50. The minimum atomic E-state index is -1.86. The summed E-state index contributed by atoms with van der Waals surface area (Å²) in [6.45, 7) is 15.0. The number of cyclic esters (lactones) is 1. The van der Waals surface area contributed by atoms with Gasteiger partial charge in [-0.15, -0.1) is 0 Å². The topological polar surface area (TPSA) is 75.7 Å². The van der Waals surface area contributed by atoms with Crippen LogP contribution in [0, 0.1) is 0 Å². The Bertz CT molecular complexity index is 845. The van der Waals surface area contributed by atoms with Gasteiger partial charge in [0.25, 0.3) is 5.91 Å². The van der Waals surface area contributed by atoms with Crippen molar-refractivity contribution in [2.75, 3.05) is 4.90 Å². The van der Waals surface area contributed by atoms with Crippen LogP contribution in [0.2, 0.25) is 22.7 Å². The lowest BCUT2D eigenvalue weighted by Crippen LogP contribution is -2.61. The van der Waals surface area contributed by atoms with Gasteiger partial charge in [0.05, 0.1) is 13.8 Å². The molecule has 1 aromatic carbocycles. The van der Waals surface area contributed by atoms with Crippen LogP contribution in [-0.4, -0.2) is 32.1 Å². The largest absolute Gasteiger partial charge is 0.446 e. The molecule has 1 fully saturated rings. The van der Waals surface area contributed by atoms with Crippen LogP contribution in [0.5, 0.6) is 0 Å². The van der Waals surface area contributed by atoms with E-state index in [1.807, 2.05) is 12.1 Å². The van der Waals surface area contributed by atoms with Crippen molar-refractivity contribution in [3.8, 4) is 0 Å². The van der Waals surface area contributed by atoms with Crippen molar-refractivity contribution in [1.82, 2.24) is 5.32 Å². The molecule has 2 aliphatic rings. The maximum Gasteiger partial charge on any atom is 0.408 e. The van der Waals surface area contributed by atoms with Crippen molar-refractivity contribution >= 4 is 31.7 Å². The molecule has 2 atom stereocenters. The number of hydrogen-bond donors (Lipinski definition) is 1. The van der Waals surface area contributed by atoms with Crippen molar-refractivity contribution < 1.29 is 19.1 Å². The average molecular weight is 431 g/mol. The lowest BCUT2D eigenvalue weighted by atomic mass is 9.85. The number of carbonyl (C=O) groups excluding carboxylic acids is 3. The Kier molecular flexibility index (Phi) is 5.88. The van der Waals surface area contributed by atoms with Gasteiger partial charge >= 0.3 is 6.09 Å². The van der Waals surface area contributed by atoms with Gasteiger partial charge in [0.1, 0.15) is 6.10 Å². The van der Waals surface area contributed by atoms with Gasteiger partial charge in [-0.05, 0) is 12.1 Å². The molecule has 0 aliphatic carbocycles. The summed E-state index contributed by atoms with van der Waals surface area (Å²) in [7, 11) is -1.86. The normalized spacial score (nSPS) is 23.9. The van der Waals surface area contributed by atoms with E-state index in [1.165, 1.54) is 11.8 Å². The second-order valence-electron chi connectivity index (χ2n) is 9.72. The number of benzene rings is 1. The van der Waals surface area contributed by atoms with E-state index in [0.717, 1.165) is 6.04 Å². The zero-order chi connectivity index (χ0) is 22.4. The van der Waals surface area contributed by atoms with Crippen molar-refractivity contribution in [3.63, 3.8) is 0 Å². The van der Waals surface area contributed by atoms with Crippen LogP contribution >= 0.6 is 0 Å². The standard InChI is InChI=1S/C23H34N2O4Si/c1-14(2)30(15(3)4,16(5)6)13-18-12-23(24-22(28)29-18)19-10-8-9-11-20(19)25(17(7)26)21(23)27/h8-11,14-16,18H,12-13H2,1-7H3,(H,24,28)/t18-,23+/m0/s1. The Balaban J connectivity index is 2.05. The summed E-state index contributed by atoms with van der Waals surface area (Å²) in [5, 5.41) is 2.80. The number of nitrogens with one attached hydrogen (secondary N) is 1. The van der Waals surface area contributed by atoms with Crippen molar-refractivity contribution in [2.45, 2.75) is 89.2 Å². The fourth-order valence-electron chi connectivity index (χ4n) is 6.08. The number of nitrogens with zero attached hydrogens (tertiary/aromatic N) is 1. The molecular formula is C23H34N2O4Si. The number of anilines is 1. The van der Waals surface area contributed by atoms with Gasteiger partial charge in [0, 0.05) is 18.9 Å². The number of para-hydroxylation sites is 1. The van der Waals surface area contributed by atoms with Gasteiger partial charge < -0.3 is 10.1 Å². The molecule has 2 heterocycles. The fourth-order valence-corrected chi connectivity index (χ4v) is 12.5. The third kappa shape index (κ3) is 3.27. The van der Waals surface area contributed by atoms with Crippen LogP contribution in [0.15, 0.2) is 24.3 Å². The molecule has 0 saturated carbocycles. The van der Waals surface area contributed by atoms with Gasteiger partial charge in [-0.1, -0.05) is 76.4 Å². The van der Waals surface area contributed by atoms with Gasteiger partial charge in [0.2, 0.25) is 5.91 Å². The number of rotatable bonds is 5. The zero-order valence-electron chi connectivity index (χ0n) is 19.1. The van der Waals surface area contributed by atoms with Gasteiger partial charge in [-0.3, -0.25) is 9.59 Å². The van der Waals surface area contributed by atoms with E-state index < -0.39 is 19.7 Å². The first-order chi connectivity index (χ1) is 14.0. The smallest absolute Gasteiger partial charge is 0.408 e. The molecule has 3 rings (SSSR count). The lowest BCUT2D eigenvalue weighted by Gasteiger charge is -2.47. The van der Waals surface area contributed by atoms with Crippen LogP contribution in [0.4, 0.5) is 10.5 Å². The monoisotopic (exact) mass is 430 g/mol. The Hall–Kier alpha value is -2.15. The Morgan fingerprint density at radius 1 is 1.13 bits per heavy atom. The first-order valence-electron chi connectivity index (χ1n) is 10.9. The van der Waals surface area contributed by atoms with E-state index in [0.29, 0.717) is 34.3 Å². The van der Waals surface area contributed by atoms with Gasteiger partial charge in [0.15, 0.2) is 5.54 Å². The molecule has 7 heteroatoms. The minimum Gasteiger partial charge on any atom is -0.446 e. The van der Waals surface area contributed by atoms with E-state index in [1.54, 1.807) is 12.1 Å². The summed E-state index contributed by atoms with van der Waals surface area (Å²) in [6, 6.07) is 8.04. The maximum atomic E-state index is 13.5. The molecule has 1 aromatic rings. The molecule has 30 heavy (non-hydrogen) atoms. The number of imide groups is 1.